The highest BCUT2D eigenvalue weighted by atomic mass is 35.5. The van der Waals surface area contributed by atoms with Crippen LogP contribution in [0.1, 0.15) is 58.7 Å². The minimum absolute atomic E-state index is 0.0332. The number of nitrogens with zero attached hydrogens (tertiary/aromatic N) is 3. The molecule has 1 aliphatic rings. The van der Waals surface area contributed by atoms with E-state index in [1.165, 1.54) is 0 Å². The third-order valence-corrected chi connectivity index (χ3v) is 5.50. The van der Waals surface area contributed by atoms with Crippen LogP contribution in [0.4, 0.5) is 5.69 Å². The van der Waals surface area contributed by atoms with Gasteiger partial charge in [0.25, 0.3) is 5.91 Å². The summed E-state index contributed by atoms with van der Waals surface area (Å²) in [5, 5.41) is 9.73. The van der Waals surface area contributed by atoms with Crippen molar-refractivity contribution in [3.8, 4) is 6.07 Å². The lowest BCUT2D eigenvalue weighted by Crippen LogP contribution is -2.30. The normalized spacial score (nSPS) is 15.8. The first-order valence-electron chi connectivity index (χ1n) is 9.23. The number of carbonyl (C=O) groups is 1. The Balaban J connectivity index is 1.95. The van der Waals surface area contributed by atoms with Gasteiger partial charge in [-0.3, -0.25) is 9.69 Å². The fourth-order valence-corrected chi connectivity index (χ4v) is 4.05. The molecule has 3 aromatic rings. The summed E-state index contributed by atoms with van der Waals surface area (Å²) in [6.45, 7) is 6.19. The van der Waals surface area contributed by atoms with Gasteiger partial charge in [0.2, 0.25) is 0 Å². The summed E-state index contributed by atoms with van der Waals surface area (Å²) >= 11 is 6.26. The van der Waals surface area contributed by atoms with Crippen molar-refractivity contribution in [2.45, 2.75) is 32.9 Å². The summed E-state index contributed by atoms with van der Waals surface area (Å²) in [5.74, 6) is -0.0332. The lowest BCUT2D eigenvalue weighted by atomic mass is 10.0. The van der Waals surface area contributed by atoms with Gasteiger partial charge in [0.1, 0.15) is 6.04 Å². The van der Waals surface area contributed by atoms with Crippen molar-refractivity contribution < 1.29 is 4.79 Å². The molecule has 0 bridgehead atoms. The van der Waals surface area contributed by atoms with Crippen LogP contribution in [0.15, 0.2) is 54.7 Å². The minimum Gasteiger partial charge on any atom is -0.346 e. The highest BCUT2D eigenvalue weighted by molar-refractivity contribution is 6.31. The Bertz CT molecular complexity index is 1110. The van der Waals surface area contributed by atoms with Gasteiger partial charge in [-0.25, -0.2) is 0 Å². The van der Waals surface area contributed by atoms with Crippen LogP contribution in [0.3, 0.4) is 0 Å². The van der Waals surface area contributed by atoms with Crippen molar-refractivity contribution in [1.82, 2.24) is 4.57 Å². The van der Waals surface area contributed by atoms with Crippen molar-refractivity contribution in [1.29, 1.82) is 5.26 Å². The van der Waals surface area contributed by atoms with Crippen LogP contribution in [0.5, 0.6) is 0 Å². The first-order chi connectivity index (χ1) is 13.4. The van der Waals surface area contributed by atoms with E-state index < -0.39 is 0 Å². The number of aryl methyl sites for hydroxylation is 1. The Hall–Kier alpha value is -3.03. The molecule has 2 aromatic carbocycles. The van der Waals surface area contributed by atoms with E-state index >= 15 is 0 Å². The average Bonchev–Trinajstić information content (AvgIpc) is 3.23. The van der Waals surface area contributed by atoms with E-state index in [1.807, 2.05) is 54.4 Å². The third-order valence-electron chi connectivity index (χ3n) is 5.26. The summed E-state index contributed by atoms with van der Waals surface area (Å²) in [7, 11) is 0. The molecule has 0 radical (unpaired) electrons. The number of hydrogen-bond donors (Lipinski definition) is 0. The number of amides is 1. The second kappa shape index (κ2) is 6.85. The molecule has 0 N–H and O–H groups in total. The Kier molecular flexibility index (Phi) is 4.49. The molecular weight excluding hydrogens is 370 g/mol. The number of carbonyl (C=O) groups excluding carboxylic acids is 1. The van der Waals surface area contributed by atoms with Crippen LogP contribution in [-0.4, -0.2) is 10.5 Å². The average molecular weight is 390 g/mol. The van der Waals surface area contributed by atoms with Gasteiger partial charge in [0.15, 0.2) is 0 Å². The molecule has 4 nitrogen and oxygen atoms in total. The SMILES string of the molecule is Cc1ccc(Cl)cc1N1C(=O)c2ccn(C(C)C)c2C1c1ccc(C#N)cc1. The topological polar surface area (TPSA) is 49.0 Å². The number of nitriles is 1. The largest absolute Gasteiger partial charge is 0.346 e. The van der Waals surface area contributed by atoms with Crippen molar-refractivity contribution in [3.05, 3.63) is 87.7 Å². The van der Waals surface area contributed by atoms with Crippen molar-refractivity contribution in [2.75, 3.05) is 4.90 Å². The molecule has 140 valence electrons. The number of rotatable bonds is 3. The maximum absolute atomic E-state index is 13.4. The van der Waals surface area contributed by atoms with E-state index in [0.29, 0.717) is 16.1 Å². The monoisotopic (exact) mass is 389 g/mol. The minimum atomic E-state index is -0.273. The molecule has 0 fully saturated rings. The number of anilines is 1. The van der Waals surface area contributed by atoms with Gasteiger partial charge < -0.3 is 4.57 Å². The predicted octanol–water partition coefficient (Wildman–Crippen LogP) is 5.65. The van der Waals surface area contributed by atoms with Crippen LogP contribution < -0.4 is 4.90 Å². The summed E-state index contributed by atoms with van der Waals surface area (Å²) < 4.78 is 2.15. The highest BCUT2D eigenvalue weighted by Gasteiger charge is 2.42. The second-order valence-electron chi connectivity index (χ2n) is 7.36. The fraction of sp³-hybridized carbons (Fsp3) is 0.217. The van der Waals surface area contributed by atoms with E-state index in [2.05, 4.69) is 24.5 Å². The van der Waals surface area contributed by atoms with Crippen molar-refractivity contribution in [2.24, 2.45) is 0 Å². The van der Waals surface area contributed by atoms with Crippen LogP contribution in [0.25, 0.3) is 0 Å². The Morgan fingerprint density at radius 1 is 1.11 bits per heavy atom. The fourth-order valence-electron chi connectivity index (χ4n) is 3.89. The zero-order valence-corrected chi connectivity index (χ0v) is 16.7. The molecule has 0 saturated carbocycles. The van der Waals surface area contributed by atoms with Crippen LogP contribution in [-0.2, 0) is 0 Å². The Morgan fingerprint density at radius 3 is 2.46 bits per heavy atom. The van der Waals surface area contributed by atoms with E-state index in [0.717, 1.165) is 22.5 Å². The zero-order chi connectivity index (χ0) is 20.0. The van der Waals surface area contributed by atoms with Gasteiger partial charge in [0.05, 0.1) is 22.9 Å². The molecule has 1 aromatic heterocycles. The maximum atomic E-state index is 13.4. The Labute approximate surface area is 169 Å². The van der Waals surface area contributed by atoms with Crippen molar-refractivity contribution >= 4 is 23.2 Å². The Morgan fingerprint density at radius 2 is 1.82 bits per heavy atom. The highest BCUT2D eigenvalue weighted by Crippen LogP contribution is 2.44. The quantitative estimate of drug-likeness (QED) is 0.580. The number of benzene rings is 2. The molecule has 5 heteroatoms. The molecule has 1 unspecified atom stereocenters. The smallest absolute Gasteiger partial charge is 0.261 e. The molecule has 1 amide bonds. The molecule has 0 spiro atoms. The molecule has 1 atom stereocenters. The van der Waals surface area contributed by atoms with Gasteiger partial charge in [0, 0.05) is 22.9 Å². The van der Waals surface area contributed by atoms with E-state index in [-0.39, 0.29) is 18.0 Å². The van der Waals surface area contributed by atoms with Crippen LogP contribution in [0, 0.1) is 18.3 Å². The molecule has 1 aliphatic heterocycles. The lowest BCUT2D eigenvalue weighted by molar-refractivity contribution is 0.0993. The van der Waals surface area contributed by atoms with Gasteiger partial charge in [-0.15, -0.1) is 0 Å². The molecule has 0 saturated heterocycles. The number of hydrogen-bond acceptors (Lipinski definition) is 2. The van der Waals surface area contributed by atoms with Gasteiger partial charge in [-0.2, -0.15) is 5.26 Å². The molecule has 4 rings (SSSR count). The van der Waals surface area contributed by atoms with Gasteiger partial charge in [-0.1, -0.05) is 29.8 Å². The van der Waals surface area contributed by atoms with E-state index in [4.69, 9.17) is 16.9 Å². The predicted molar refractivity (Wildman–Crippen MR) is 111 cm³/mol. The summed E-state index contributed by atoms with van der Waals surface area (Å²) in [5.41, 5.74) is 5.03. The third kappa shape index (κ3) is 2.80. The van der Waals surface area contributed by atoms with Crippen LogP contribution in [0.2, 0.25) is 5.02 Å². The number of halogens is 1. The molecular formula is C23H20ClN3O. The summed E-state index contributed by atoms with van der Waals surface area (Å²) in [6.07, 6.45) is 1.98. The molecule has 2 heterocycles. The van der Waals surface area contributed by atoms with Crippen LogP contribution >= 0.6 is 11.6 Å². The van der Waals surface area contributed by atoms with Crippen molar-refractivity contribution in [3.63, 3.8) is 0 Å². The first-order valence-corrected chi connectivity index (χ1v) is 9.60. The maximum Gasteiger partial charge on any atom is 0.261 e. The van der Waals surface area contributed by atoms with Gasteiger partial charge >= 0.3 is 0 Å². The first kappa shape index (κ1) is 18.3. The molecule has 28 heavy (non-hydrogen) atoms. The number of fused-ring (bicyclic) bond motifs is 1. The van der Waals surface area contributed by atoms with E-state index in [9.17, 15) is 4.79 Å². The standard InChI is InChI=1S/C23H20ClN3O/c1-14(2)26-11-10-19-22(26)21(17-7-5-16(13-25)6-8-17)27(23(19)28)20-12-18(24)9-4-15(20)3/h4-12,14,21H,1-3H3. The second-order valence-corrected chi connectivity index (χ2v) is 7.79. The summed E-state index contributed by atoms with van der Waals surface area (Å²) in [6, 6.07) is 17.0. The molecule has 0 aliphatic carbocycles. The zero-order valence-electron chi connectivity index (χ0n) is 16.0. The van der Waals surface area contributed by atoms with E-state index in [1.54, 1.807) is 12.1 Å². The lowest BCUT2D eigenvalue weighted by Gasteiger charge is -2.29. The van der Waals surface area contributed by atoms with Gasteiger partial charge in [-0.05, 0) is 62.2 Å². The summed E-state index contributed by atoms with van der Waals surface area (Å²) in [4.78, 5) is 15.2. The number of aromatic nitrogens is 1.